The van der Waals surface area contributed by atoms with Gasteiger partial charge in [0, 0.05) is 24.4 Å². The maximum absolute atomic E-state index is 13.5. The average molecular weight is 351 g/mol. The van der Waals surface area contributed by atoms with Crippen LogP contribution >= 0.6 is 0 Å². The SMILES string of the molecule is COc1cc(F)cc(CNc2cc(C(C)=O)ccc2S(C)(=O)=O)c1. The van der Waals surface area contributed by atoms with Gasteiger partial charge in [0.05, 0.1) is 17.7 Å². The standard InChI is InChI=1S/C17H18FNO4S/c1-11(20)13-4-5-17(24(3,21)22)16(8-13)19-10-12-6-14(18)9-15(7-12)23-2/h4-9,19H,10H2,1-3H3. The number of ketones is 1. The molecule has 0 radical (unpaired) electrons. The van der Waals surface area contributed by atoms with Crippen molar-refractivity contribution in [1.82, 2.24) is 0 Å². The van der Waals surface area contributed by atoms with Gasteiger partial charge in [-0.3, -0.25) is 4.79 Å². The molecule has 128 valence electrons. The molecule has 0 unspecified atom stereocenters. The molecule has 2 rings (SSSR count). The zero-order valence-corrected chi connectivity index (χ0v) is 14.4. The van der Waals surface area contributed by atoms with Gasteiger partial charge in [0.1, 0.15) is 11.6 Å². The summed E-state index contributed by atoms with van der Waals surface area (Å²) in [4.78, 5) is 11.6. The van der Waals surface area contributed by atoms with Crippen LogP contribution in [0.5, 0.6) is 5.75 Å². The molecule has 0 fully saturated rings. The lowest BCUT2D eigenvalue weighted by molar-refractivity contribution is 0.101. The third-order valence-electron chi connectivity index (χ3n) is 3.44. The molecule has 0 saturated carbocycles. The zero-order valence-electron chi connectivity index (χ0n) is 13.6. The molecule has 0 spiro atoms. The molecule has 0 aliphatic rings. The lowest BCUT2D eigenvalue weighted by Gasteiger charge is -2.13. The summed E-state index contributed by atoms with van der Waals surface area (Å²) in [5, 5.41) is 2.96. The van der Waals surface area contributed by atoms with E-state index in [0.717, 1.165) is 6.26 Å². The summed E-state index contributed by atoms with van der Waals surface area (Å²) >= 11 is 0. The predicted octanol–water partition coefficient (Wildman–Crippen LogP) is 3.05. The van der Waals surface area contributed by atoms with E-state index in [1.165, 1.54) is 44.4 Å². The first-order chi connectivity index (χ1) is 11.2. The van der Waals surface area contributed by atoms with Crippen molar-refractivity contribution in [2.45, 2.75) is 18.4 Å². The van der Waals surface area contributed by atoms with Crippen LogP contribution < -0.4 is 10.1 Å². The highest BCUT2D eigenvalue weighted by molar-refractivity contribution is 7.90. The number of nitrogens with one attached hydrogen (secondary N) is 1. The third-order valence-corrected chi connectivity index (χ3v) is 4.59. The van der Waals surface area contributed by atoms with Gasteiger partial charge in [-0.05, 0) is 42.8 Å². The Labute approximate surface area is 140 Å². The van der Waals surface area contributed by atoms with E-state index in [0.29, 0.717) is 22.6 Å². The number of hydrogen-bond donors (Lipinski definition) is 1. The van der Waals surface area contributed by atoms with Crippen LogP contribution in [0.3, 0.4) is 0 Å². The Bertz CT molecular complexity index is 878. The molecule has 1 N–H and O–H groups in total. The summed E-state index contributed by atoms with van der Waals surface area (Å²) in [6.07, 6.45) is 1.09. The van der Waals surface area contributed by atoms with E-state index >= 15 is 0 Å². The maximum Gasteiger partial charge on any atom is 0.177 e. The minimum atomic E-state index is -3.47. The molecule has 0 bridgehead atoms. The summed E-state index contributed by atoms with van der Waals surface area (Å²) in [5.41, 5.74) is 1.27. The second-order valence-corrected chi connectivity index (χ2v) is 7.38. The van der Waals surface area contributed by atoms with Crippen molar-refractivity contribution < 1.29 is 22.3 Å². The molecule has 0 amide bonds. The molecule has 0 atom stereocenters. The molecule has 0 saturated heterocycles. The molecular weight excluding hydrogens is 333 g/mol. The Morgan fingerprint density at radius 3 is 2.50 bits per heavy atom. The summed E-state index contributed by atoms with van der Waals surface area (Å²) in [6.45, 7) is 1.58. The Morgan fingerprint density at radius 2 is 1.92 bits per heavy atom. The topological polar surface area (TPSA) is 72.5 Å². The first-order valence-corrected chi connectivity index (χ1v) is 9.02. The molecule has 0 aliphatic carbocycles. The van der Waals surface area contributed by atoms with Crippen molar-refractivity contribution in [3.63, 3.8) is 0 Å². The van der Waals surface area contributed by atoms with Crippen molar-refractivity contribution in [1.29, 1.82) is 0 Å². The van der Waals surface area contributed by atoms with Gasteiger partial charge in [-0.25, -0.2) is 12.8 Å². The number of ether oxygens (including phenoxy) is 1. The second kappa shape index (κ2) is 7.00. The van der Waals surface area contributed by atoms with E-state index in [2.05, 4.69) is 5.32 Å². The smallest absolute Gasteiger partial charge is 0.177 e. The van der Waals surface area contributed by atoms with Crippen molar-refractivity contribution in [3.05, 3.63) is 53.3 Å². The molecule has 2 aromatic rings. The number of carbonyl (C=O) groups excluding carboxylic acids is 1. The fourth-order valence-corrected chi connectivity index (χ4v) is 3.09. The van der Waals surface area contributed by atoms with Crippen molar-refractivity contribution >= 4 is 21.3 Å². The second-order valence-electron chi connectivity index (χ2n) is 5.39. The van der Waals surface area contributed by atoms with Crippen molar-refractivity contribution in [3.8, 4) is 5.75 Å². The van der Waals surface area contributed by atoms with Crippen molar-refractivity contribution in [2.24, 2.45) is 0 Å². The molecule has 2 aromatic carbocycles. The molecular formula is C17H18FNO4S. The molecule has 0 aliphatic heterocycles. The number of hydrogen-bond acceptors (Lipinski definition) is 5. The summed E-state index contributed by atoms with van der Waals surface area (Å²) in [5.74, 6) is -0.259. The normalized spacial score (nSPS) is 11.2. The quantitative estimate of drug-likeness (QED) is 0.810. The van der Waals surface area contributed by atoms with E-state index in [-0.39, 0.29) is 17.2 Å². The number of benzene rings is 2. The van der Waals surface area contributed by atoms with Gasteiger partial charge in [-0.1, -0.05) is 0 Å². The summed E-state index contributed by atoms with van der Waals surface area (Å²) < 4.78 is 42.3. The van der Waals surface area contributed by atoms with Crippen LogP contribution in [0.4, 0.5) is 10.1 Å². The highest BCUT2D eigenvalue weighted by atomic mass is 32.2. The van der Waals surface area contributed by atoms with Gasteiger partial charge in [0.2, 0.25) is 0 Å². The van der Waals surface area contributed by atoms with Crippen LogP contribution in [-0.2, 0) is 16.4 Å². The number of sulfone groups is 1. The number of carbonyl (C=O) groups is 1. The predicted molar refractivity (Wildman–Crippen MR) is 89.8 cm³/mol. The van der Waals surface area contributed by atoms with Crippen LogP contribution in [0, 0.1) is 5.82 Å². The van der Waals surface area contributed by atoms with Crippen LogP contribution in [0.2, 0.25) is 0 Å². The Kier molecular flexibility index (Phi) is 5.23. The first-order valence-electron chi connectivity index (χ1n) is 7.13. The lowest BCUT2D eigenvalue weighted by Crippen LogP contribution is -2.08. The summed E-state index contributed by atoms with van der Waals surface area (Å²) in [7, 11) is -2.04. The Morgan fingerprint density at radius 1 is 1.21 bits per heavy atom. The molecule has 5 nitrogen and oxygen atoms in total. The fraction of sp³-hybridized carbons (Fsp3) is 0.235. The largest absolute Gasteiger partial charge is 0.497 e. The van der Waals surface area contributed by atoms with Gasteiger partial charge in [0.15, 0.2) is 15.6 Å². The minimum Gasteiger partial charge on any atom is -0.497 e. The zero-order chi connectivity index (χ0) is 17.9. The highest BCUT2D eigenvalue weighted by Crippen LogP contribution is 2.25. The Hall–Kier alpha value is -2.41. The average Bonchev–Trinajstić information content (AvgIpc) is 2.51. The number of rotatable bonds is 6. The Balaban J connectivity index is 2.36. The number of halogens is 1. The third kappa shape index (κ3) is 4.32. The first kappa shape index (κ1) is 17.9. The van der Waals surface area contributed by atoms with Crippen LogP contribution in [-0.4, -0.2) is 27.6 Å². The molecule has 0 heterocycles. The van der Waals surface area contributed by atoms with E-state index in [4.69, 9.17) is 4.74 Å². The van der Waals surface area contributed by atoms with Gasteiger partial charge in [-0.15, -0.1) is 0 Å². The molecule has 7 heteroatoms. The van der Waals surface area contributed by atoms with Gasteiger partial charge < -0.3 is 10.1 Å². The number of Topliss-reactive ketones (excluding diaryl/α,β-unsaturated/α-hetero) is 1. The summed E-state index contributed by atoms with van der Waals surface area (Å²) in [6, 6.07) is 8.56. The molecule has 0 aromatic heterocycles. The molecule has 24 heavy (non-hydrogen) atoms. The highest BCUT2D eigenvalue weighted by Gasteiger charge is 2.15. The fourth-order valence-electron chi connectivity index (χ4n) is 2.25. The van der Waals surface area contributed by atoms with Crippen LogP contribution in [0.25, 0.3) is 0 Å². The van der Waals surface area contributed by atoms with E-state index in [1.54, 1.807) is 6.07 Å². The van der Waals surface area contributed by atoms with E-state index < -0.39 is 15.7 Å². The van der Waals surface area contributed by atoms with Gasteiger partial charge >= 0.3 is 0 Å². The van der Waals surface area contributed by atoms with Crippen molar-refractivity contribution in [2.75, 3.05) is 18.7 Å². The lowest BCUT2D eigenvalue weighted by atomic mass is 10.1. The van der Waals surface area contributed by atoms with Crippen LogP contribution in [0.1, 0.15) is 22.8 Å². The van der Waals surface area contributed by atoms with Gasteiger partial charge in [0.25, 0.3) is 0 Å². The van der Waals surface area contributed by atoms with Gasteiger partial charge in [-0.2, -0.15) is 0 Å². The number of anilines is 1. The van der Waals surface area contributed by atoms with Crippen LogP contribution in [0.15, 0.2) is 41.3 Å². The monoisotopic (exact) mass is 351 g/mol. The van der Waals surface area contributed by atoms with E-state index in [1.807, 2.05) is 0 Å². The number of methoxy groups -OCH3 is 1. The minimum absolute atomic E-state index is 0.0795. The maximum atomic E-state index is 13.5. The van der Waals surface area contributed by atoms with E-state index in [9.17, 15) is 17.6 Å².